The molecule has 1 atom stereocenters. The van der Waals surface area contributed by atoms with E-state index in [9.17, 15) is 0 Å². The van der Waals surface area contributed by atoms with Gasteiger partial charge in [0, 0.05) is 0 Å². The summed E-state index contributed by atoms with van der Waals surface area (Å²) in [6, 6.07) is 0. The SMILES string of the molecule is C=CC(CO[SiH3])O[SiH3]. The van der Waals surface area contributed by atoms with E-state index in [-0.39, 0.29) is 6.10 Å². The van der Waals surface area contributed by atoms with Crippen LogP contribution >= 0.6 is 0 Å². The average molecular weight is 148 g/mol. The molecular weight excluding hydrogens is 136 g/mol. The smallest absolute Gasteiger partial charge is 0.146 e. The van der Waals surface area contributed by atoms with Gasteiger partial charge in [-0.15, -0.1) is 6.58 Å². The molecule has 0 amide bonds. The molecule has 8 heavy (non-hydrogen) atoms. The first-order chi connectivity index (χ1) is 3.85. The molecule has 0 saturated heterocycles. The standard InChI is InChI=1S/C4H12O2Si2/c1-2-4(6-8)3-5-7/h2,4H,1,3H2,7-8H3. The van der Waals surface area contributed by atoms with Crippen molar-refractivity contribution in [3.05, 3.63) is 12.7 Å². The Labute approximate surface area is 56.0 Å². The molecule has 0 aromatic heterocycles. The van der Waals surface area contributed by atoms with Gasteiger partial charge in [-0.1, -0.05) is 6.08 Å². The minimum Gasteiger partial charge on any atom is -0.425 e. The molecule has 0 aliphatic heterocycles. The Morgan fingerprint density at radius 2 is 2.25 bits per heavy atom. The topological polar surface area (TPSA) is 18.5 Å². The van der Waals surface area contributed by atoms with Gasteiger partial charge in [-0.05, 0) is 0 Å². The van der Waals surface area contributed by atoms with Crippen LogP contribution in [-0.2, 0) is 8.85 Å². The molecule has 48 valence electrons. The Morgan fingerprint density at radius 3 is 2.38 bits per heavy atom. The first-order valence-corrected chi connectivity index (χ1v) is 4.12. The van der Waals surface area contributed by atoms with Crippen LogP contribution in [-0.4, -0.2) is 33.7 Å². The highest BCUT2D eigenvalue weighted by Gasteiger charge is 1.95. The second kappa shape index (κ2) is 5.23. The van der Waals surface area contributed by atoms with Crippen LogP contribution in [0, 0.1) is 0 Å². The Hall–Kier alpha value is 0.0938. The van der Waals surface area contributed by atoms with Crippen LogP contribution in [0.15, 0.2) is 12.7 Å². The predicted molar refractivity (Wildman–Crippen MR) is 40.9 cm³/mol. The zero-order valence-electron chi connectivity index (χ0n) is 5.39. The molecule has 0 N–H and O–H groups in total. The largest absolute Gasteiger partial charge is 0.425 e. The zero-order valence-corrected chi connectivity index (χ0v) is 9.39. The van der Waals surface area contributed by atoms with E-state index < -0.39 is 0 Å². The van der Waals surface area contributed by atoms with Crippen molar-refractivity contribution in [1.82, 2.24) is 0 Å². The number of hydrogen-bond donors (Lipinski definition) is 0. The van der Waals surface area contributed by atoms with Crippen molar-refractivity contribution in [2.45, 2.75) is 6.10 Å². The molecule has 0 fully saturated rings. The fourth-order valence-corrected chi connectivity index (χ4v) is 1.05. The molecule has 0 aromatic rings. The molecular formula is C4H12O2Si2. The highest BCUT2D eigenvalue weighted by atomic mass is 28.2. The van der Waals surface area contributed by atoms with Gasteiger partial charge in [0.2, 0.25) is 0 Å². The highest BCUT2D eigenvalue weighted by Crippen LogP contribution is 1.88. The van der Waals surface area contributed by atoms with E-state index in [1.54, 1.807) is 6.08 Å². The summed E-state index contributed by atoms with van der Waals surface area (Å²) in [6.45, 7) is 4.26. The van der Waals surface area contributed by atoms with E-state index in [0.29, 0.717) is 6.61 Å². The van der Waals surface area contributed by atoms with Crippen molar-refractivity contribution in [2.24, 2.45) is 0 Å². The van der Waals surface area contributed by atoms with Gasteiger partial charge < -0.3 is 8.85 Å². The highest BCUT2D eigenvalue weighted by molar-refractivity contribution is 5.98. The van der Waals surface area contributed by atoms with Gasteiger partial charge in [0.1, 0.15) is 21.0 Å². The number of rotatable bonds is 4. The molecule has 2 nitrogen and oxygen atoms in total. The van der Waals surface area contributed by atoms with Crippen LogP contribution in [0.1, 0.15) is 0 Å². The van der Waals surface area contributed by atoms with Crippen LogP contribution in [0.2, 0.25) is 0 Å². The second-order valence-corrected chi connectivity index (χ2v) is 2.51. The molecule has 0 rings (SSSR count). The average Bonchev–Trinajstić information content (AvgIpc) is 1.83. The van der Waals surface area contributed by atoms with Gasteiger partial charge in [0.05, 0.1) is 12.7 Å². The van der Waals surface area contributed by atoms with Crippen LogP contribution in [0.25, 0.3) is 0 Å². The van der Waals surface area contributed by atoms with Gasteiger partial charge in [-0.2, -0.15) is 0 Å². The van der Waals surface area contributed by atoms with Gasteiger partial charge >= 0.3 is 0 Å². The van der Waals surface area contributed by atoms with Crippen molar-refractivity contribution < 1.29 is 8.85 Å². The van der Waals surface area contributed by atoms with Crippen LogP contribution in [0.5, 0.6) is 0 Å². The summed E-state index contributed by atoms with van der Waals surface area (Å²) < 4.78 is 10.0. The lowest BCUT2D eigenvalue weighted by Crippen LogP contribution is -2.14. The van der Waals surface area contributed by atoms with Crippen LogP contribution in [0.4, 0.5) is 0 Å². The lowest BCUT2D eigenvalue weighted by atomic mass is 10.4. The van der Waals surface area contributed by atoms with Crippen molar-refractivity contribution >= 4 is 21.0 Å². The summed E-state index contributed by atoms with van der Waals surface area (Å²) in [5, 5.41) is 0. The Bertz CT molecular complexity index is 67.1. The summed E-state index contributed by atoms with van der Waals surface area (Å²) in [4.78, 5) is 0. The third-order valence-electron chi connectivity index (χ3n) is 0.897. The minimum atomic E-state index is 0.138. The summed E-state index contributed by atoms with van der Waals surface area (Å²) >= 11 is 0. The van der Waals surface area contributed by atoms with E-state index in [1.807, 2.05) is 0 Å². The molecule has 0 aliphatic rings. The first-order valence-electron chi connectivity index (χ1n) is 2.49. The van der Waals surface area contributed by atoms with Gasteiger partial charge in [-0.25, -0.2) is 0 Å². The van der Waals surface area contributed by atoms with E-state index >= 15 is 0 Å². The summed E-state index contributed by atoms with van der Waals surface area (Å²) in [5.74, 6) is 0. The number of hydrogen-bond acceptors (Lipinski definition) is 2. The quantitative estimate of drug-likeness (QED) is 0.344. The molecule has 0 spiro atoms. The predicted octanol–water partition coefficient (Wildman–Crippen LogP) is -1.87. The van der Waals surface area contributed by atoms with E-state index in [0.717, 1.165) is 21.0 Å². The van der Waals surface area contributed by atoms with Crippen molar-refractivity contribution in [1.29, 1.82) is 0 Å². The molecule has 1 unspecified atom stereocenters. The van der Waals surface area contributed by atoms with Crippen molar-refractivity contribution in [3.63, 3.8) is 0 Å². The Kier molecular flexibility index (Phi) is 5.30. The van der Waals surface area contributed by atoms with Gasteiger partial charge in [-0.3, -0.25) is 0 Å². The molecule has 0 radical (unpaired) electrons. The molecule has 0 aliphatic carbocycles. The Morgan fingerprint density at radius 1 is 1.62 bits per heavy atom. The molecule has 0 heterocycles. The molecule has 0 aromatic carbocycles. The van der Waals surface area contributed by atoms with Crippen molar-refractivity contribution in [3.8, 4) is 0 Å². The molecule has 0 bridgehead atoms. The molecule has 4 heteroatoms. The van der Waals surface area contributed by atoms with E-state index in [1.165, 1.54) is 0 Å². The summed E-state index contributed by atoms with van der Waals surface area (Å²) in [7, 11) is 1.54. The lowest BCUT2D eigenvalue weighted by molar-refractivity contribution is 0.185. The normalized spacial score (nSPS) is 14.0. The zero-order chi connectivity index (χ0) is 6.41. The maximum absolute atomic E-state index is 5.06. The van der Waals surface area contributed by atoms with Gasteiger partial charge in [0.25, 0.3) is 0 Å². The monoisotopic (exact) mass is 148 g/mol. The minimum absolute atomic E-state index is 0.138. The fraction of sp³-hybridized carbons (Fsp3) is 0.500. The van der Waals surface area contributed by atoms with Crippen LogP contribution < -0.4 is 0 Å². The third-order valence-corrected chi connectivity index (χ3v) is 1.84. The maximum Gasteiger partial charge on any atom is 0.146 e. The maximum atomic E-state index is 5.06. The molecule has 0 saturated carbocycles. The third kappa shape index (κ3) is 3.14. The second-order valence-electron chi connectivity index (χ2n) is 1.47. The van der Waals surface area contributed by atoms with Crippen LogP contribution in [0.3, 0.4) is 0 Å². The Balaban J connectivity index is 3.21. The lowest BCUT2D eigenvalue weighted by Gasteiger charge is -2.08. The summed E-state index contributed by atoms with van der Waals surface area (Å²) in [5.41, 5.74) is 0. The van der Waals surface area contributed by atoms with E-state index in [2.05, 4.69) is 6.58 Å². The fourth-order valence-electron chi connectivity index (χ4n) is 0.397. The summed E-state index contributed by atoms with van der Waals surface area (Å²) in [6.07, 6.45) is 1.91. The van der Waals surface area contributed by atoms with Gasteiger partial charge in [0.15, 0.2) is 0 Å². The van der Waals surface area contributed by atoms with Crippen molar-refractivity contribution in [2.75, 3.05) is 6.61 Å². The first kappa shape index (κ1) is 8.09. The van der Waals surface area contributed by atoms with E-state index in [4.69, 9.17) is 8.85 Å².